The van der Waals surface area contributed by atoms with E-state index in [0.29, 0.717) is 0 Å². The van der Waals surface area contributed by atoms with Gasteiger partial charge in [0, 0.05) is 44.3 Å². The van der Waals surface area contributed by atoms with Crippen LogP contribution >= 0.6 is 0 Å². The largest absolute Gasteiger partial charge is 0.456 e. The SMILES string of the molecule is C1=CCC(C2=NC(c3cc(-n4c5ccccc5c5ccccc54)cc4c3oc3ccccc34)N=C(c3ccccc3)N2)C=C1. The summed E-state index contributed by atoms with van der Waals surface area (Å²) in [5.41, 5.74) is 7.03. The first-order valence-electron chi connectivity index (χ1n) is 15.1. The third-order valence-corrected chi connectivity index (χ3v) is 8.75. The summed E-state index contributed by atoms with van der Waals surface area (Å²) in [6, 6.07) is 40.3. The van der Waals surface area contributed by atoms with Gasteiger partial charge in [0.2, 0.25) is 0 Å². The van der Waals surface area contributed by atoms with Crippen LogP contribution in [0.2, 0.25) is 0 Å². The quantitative estimate of drug-likeness (QED) is 0.230. The van der Waals surface area contributed by atoms with Crippen LogP contribution in [0.25, 0.3) is 49.4 Å². The normalized spacial score (nSPS) is 18.2. The number of nitrogens with one attached hydrogen (secondary N) is 1. The molecule has 1 aliphatic carbocycles. The fourth-order valence-corrected chi connectivity index (χ4v) is 6.68. The van der Waals surface area contributed by atoms with Gasteiger partial charge in [0.15, 0.2) is 6.17 Å². The van der Waals surface area contributed by atoms with Crippen molar-refractivity contribution in [3.05, 3.63) is 151 Å². The molecule has 2 aliphatic rings. The predicted octanol–water partition coefficient (Wildman–Crippen LogP) is 9.26. The fraction of sp³-hybridized carbons (Fsp3) is 0.0769. The number of para-hydroxylation sites is 3. The predicted molar refractivity (Wildman–Crippen MR) is 181 cm³/mol. The molecule has 5 aromatic carbocycles. The number of aromatic nitrogens is 1. The Morgan fingerprint density at radius 2 is 1.39 bits per heavy atom. The average Bonchev–Trinajstić information content (AvgIpc) is 3.64. The standard InChI is InChI=1S/C39H28N4O/c1-3-13-25(14-4-1)37-40-38(26-15-5-2-6-16-26)42-39(41-37)32-24-27(23-31-30-19-9-12-22-35(30)44-36(31)32)43-33-20-10-7-17-28(33)29-18-8-11-21-34(29)43/h1-15,17-24,26,39H,16H2,(H,40,41,42). The number of amidine groups is 2. The molecule has 44 heavy (non-hydrogen) atoms. The van der Waals surface area contributed by atoms with Gasteiger partial charge in [0.05, 0.1) is 11.0 Å². The maximum absolute atomic E-state index is 6.61. The second-order valence-corrected chi connectivity index (χ2v) is 11.4. The highest BCUT2D eigenvalue weighted by Crippen LogP contribution is 2.40. The molecule has 1 aliphatic heterocycles. The van der Waals surface area contributed by atoms with Gasteiger partial charge in [-0.1, -0.05) is 109 Å². The molecule has 0 amide bonds. The van der Waals surface area contributed by atoms with Crippen molar-refractivity contribution in [3.63, 3.8) is 0 Å². The summed E-state index contributed by atoms with van der Waals surface area (Å²) in [6.45, 7) is 0. The van der Waals surface area contributed by atoms with Gasteiger partial charge in [-0.15, -0.1) is 0 Å². The molecule has 210 valence electrons. The third-order valence-electron chi connectivity index (χ3n) is 8.75. The van der Waals surface area contributed by atoms with Crippen molar-refractivity contribution in [2.24, 2.45) is 15.9 Å². The minimum Gasteiger partial charge on any atom is -0.456 e. The van der Waals surface area contributed by atoms with Gasteiger partial charge in [0.1, 0.15) is 22.8 Å². The van der Waals surface area contributed by atoms with Crippen molar-refractivity contribution in [2.75, 3.05) is 0 Å². The summed E-state index contributed by atoms with van der Waals surface area (Å²) in [7, 11) is 0. The van der Waals surface area contributed by atoms with Crippen molar-refractivity contribution in [3.8, 4) is 5.69 Å². The molecule has 2 unspecified atom stereocenters. The Balaban J connectivity index is 1.33. The molecule has 0 spiro atoms. The molecular weight excluding hydrogens is 540 g/mol. The number of hydrogen-bond donors (Lipinski definition) is 1. The second-order valence-electron chi connectivity index (χ2n) is 11.4. The zero-order valence-electron chi connectivity index (χ0n) is 23.9. The van der Waals surface area contributed by atoms with Crippen LogP contribution < -0.4 is 5.32 Å². The highest BCUT2D eigenvalue weighted by Gasteiger charge is 2.27. The van der Waals surface area contributed by atoms with Gasteiger partial charge < -0.3 is 14.3 Å². The molecule has 0 saturated carbocycles. The number of allylic oxidation sites excluding steroid dienone is 3. The number of nitrogens with zero attached hydrogens (tertiary/aromatic N) is 3. The monoisotopic (exact) mass is 568 g/mol. The molecule has 7 aromatic rings. The molecular formula is C39H28N4O. The topological polar surface area (TPSA) is 54.8 Å². The van der Waals surface area contributed by atoms with E-state index in [9.17, 15) is 0 Å². The summed E-state index contributed by atoms with van der Waals surface area (Å²) in [5.74, 6) is 1.87. The van der Waals surface area contributed by atoms with E-state index in [0.717, 1.165) is 67.9 Å². The lowest BCUT2D eigenvalue weighted by molar-refractivity contribution is 0.645. The van der Waals surface area contributed by atoms with Crippen molar-refractivity contribution in [2.45, 2.75) is 12.6 Å². The molecule has 1 N–H and O–H groups in total. The van der Waals surface area contributed by atoms with Crippen LogP contribution in [0.4, 0.5) is 0 Å². The molecule has 0 radical (unpaired) electrons. The Hall–Kier alpha value is -5.68. The van der Waals surface area contributed by atoms with Gasteiger partial charge in [-0.2, -0.15) is 0 Å². The summed E-state index contributed by atoms with van der Waals surface area (Å²) in [4.78, 5) is 10.5. The first kappa shape index (κ1) is 24.9. The molecule has 0 fully saturated rings. The Kier molecular flexibility index (Phi) is 5.63. The van der Waals surface area contributed by atoms with Crippen molar-refractivity contribution < 1.29 is 4.42 Å². The Morgan fingerprint density at radius 1 is 0.682 bits per heavy atom. The Bertz CT molecular complexity index is 2300. The van der Waals surface area contributed by atoms with Gasteiger partial charge in [-0.3, -0.25) is 0 Å². The number of fused-ring (bicyclic) bond motifs is 6. The molecule has 5 nitrogen and oxygen atoms in total. The fourth-order valence-electron chi connectivity index (χ4n) is 6.68. The second kappa shape index (κ2) is 9.96. The minimum atomic E-state index is -0.489. The molecule has 3 heterocycles. The smallest absolute Gasteiger partial charge is 0.173 e. The summed E-state index contributed by atoms with van der Waals surface area (Å²) in [5, 5.41) is 8.18. The molecule has 9 rings (SSSR count). The van der Waals surface area contributed by atoms with Crippen LogP contribution in [0, 0.1) is 5.92 Å². The van der Waals surface area contributed by atoms with Gasteiger partial charge >= 0.3 is 0 Å². The first-order chi connectivity index (χ1) is 21.8. The lowest BCUT2D eigenvalue weighted by Crippen LogP contribution is -2.39. The number of benzene rings is 5. The van der Waals surface area contributed by atoms with Gasteiger partial charge in [-0.05, 0) is 36.8 Å². The molecule has 2 atom stereocenters. The number of aliphatic imine (C=N–C) groups is 2. The first-order valence-corrected chi connectivity index (χ1v) is 15.1. The molecule has 0 saturated heterocycles. The maximum Gasteiger partial charge on any atom is 0.173 e. The van der Waals surface area contributed by atoms with E-state index in [1.54, 1.807) is 0 Å². The van der Waals surface area contributed by atoms with Crippen LogP contribution in [-0.4, -0.2) is 16.2 Å². The highest BCUT2D eigenvalue weighted by atomic mass is 16.3. The molecule has 2 aromatic heterocycles. The maximum atomic E-state index is 6.61. The van der Waals surface area contributed by atoms with E-state index in [1.165, 1.54) is 10.8 Å². The summed E-state index contributed by atoms with van der Waals surface area (Å²) in [6.07, 6.45) is 8.99. The summed E-state index contributed by atoms with van der Waals surface area (Å²) < 4.78 is 8.97. The average molecular weight is 569 g/mol. The van der Waals surface area contributed by atoms with E-state index >= 15 is 0 Å². The van der Waals surface area contributed by atoms with Gasteiger partial charge in [0.25, 0.3) is 0 Å². The van der Waals surface area contributed by atoms with E-state index in [-0.39, 0.29) is 5.92 Å². The van der Waals surface area contributed by atoms with Crippen LogP contribution in [0.1, 0.15) is 23.7 Å². The third kappa shape index (κ3) is 3.93. The van der Waals surface area contributed by atoms with Crippen molar-refractivity contribution >= 4 is 55.4 Å². The van der Waals surface area contributed by atoms with Crippen LogP contribution in [0.15, 0.2) is 154 Å². The van der Waals surface area contributed by atoms with E-state index in [4.69, 9.17) is 14.4 Å². The van der Waals surface area contributed by atoms with E-state index in [2.05, 4.69) is 119 Å². The Labute approximate surface area is 254 Å². The molecule has 0 bridgehead atoms. The van der Waals surface area contributed by atoms with Crippen LogP contribution in [0.5, 0.6) is 0 Å². The van der Waals surface area contributed by atoms with Crippen LogP contribution in [-0.2, 0) is 0 Å². The van der Waals surface area contributed by atoms with Crippen molar-refractivity contribution in [1.82, 2.24) is 9.88 Å². The Morgan fingerprint density at radius 3 is 2.14 bits per heavy atom. The van der Waals surface area contributed by atoms with E-state index < -0.39 is 6.17 Å². The number of furan rings is 1. The summed E-state index contributed by atoms with van der Waals surface area (Å²) >= 11 is 0. The molecule has 5 heteroatoms. The van der Waals surface area contributed by atoms with Crippen molar-refractivity contribution in [1.29, 1.82) is 0 Å². The van der Waals surface area contributed by atoms with Gasteiger partial charge in [-0.25, -0.2) is 9.98 Å². The lowest BCUT2D eigenvalue weighted by atomic mass is 9.98. The zero-order valence-corrected chi connectivity index (χ0v) is 23.9. The van der Waals surface area contributed by atoms with Crippen LogP contribution in [0.3, 0.4) is 0 Å². The lowest BCUT2D eigenvalue weighted by Gasteiger charge is -2.26. The van der Waals surface area contributed by atoms with E-state index in [1.807, 2.05) is 30.3 Å². The number of hydrogen-bond acceptors (Lipinski definition) is 4. The highest BCUT2D eigenvalue weighted by molar-refractivity contribution is 6.13. The zero-order chi connectivity index (χ0) is 29.0. The number of rotatable bonds is 4. The minimum absolute atomic E-state index is 0.142.